The third-order valence-corrected chi connectivity index (χ3v) is 4.80. The van der Waals surface area contributed by atoms with Gasteiger partial charge in [0.05, 0.1) is 0 Å². The molecular formula is C22H38O6. The molecule has 0 aromatic heterocycles. The molecule has 0 rings (SSSR count). The summed E-state index contributed by atoms with van der Waals surface area (Å²) >= 11 is 0. The highest BCUT2D eigenvalue weighted by Crippen LogP contribution is 2.18. The van der Waals surface area contributed by atoms with Gasteiger partial charge in [0.15, 0.2) is 0 Å². The average molecular weight is 399 g/mol. The van der Waals surface area contributed by atoms with E-state index in [-0.39, 0.29) is 11.6 Å². The van der Waals surface area contributed by atoms with Crippen molar-refractivity contribution in [2.75, 3.05) is 0 Å². The van der Waals surface area contributed by atoms with Gasteiger partial charge in [-0.3, -0.25) is 9.59 Å². The lowest BCUT2D eigenvalue weighted by molar-refractivity contribution is -0.264. The average Bonchev–Trinajstić information content (AvgIpc) is 2.58. The van der Waals surface area contributed by atoms with Gasteiger partial charge in [-0.1, -0.05) is 66.2 Å². The number of unbranched alkanes of at least 4 members (excludes halogenated alkanes) is 2. The van der Waals surface area contributed by atoms with Crippen molar-refractivity contribution in [2.45, 2.75) is 92.9 Å². The zero-order valence-corrected chi connectivity index (χ0v) is 18.4. The Morgan fingerprint density at radius 2 is 0.857 bits per heavy atom. The molecule has 0 heterocycles. The van der Waals surface area contributed by atoms with E-state index >= 15 is 0 Å². The number of carbonyl (C=O) groups excluding carboxylic acids is 4. The van der Waals surface area contributed by atoms with E-state index in [0.717, 1.165) is 38.5 Å². The molecule has 0 saturated carbocycles. The van der Waals surface area contributed by atoms with Gasteiger partial charge in [0, 0.05) is 0 Å². The van der Waals surface area contributed by atoms with Crippen LogP contribution in [0.15, 0.2) is 0 Å². The molecule has 0 N–H and O–H groups in total. The van der Waals surface area contributed by atoms with Crippen LogP contribution in [0.3, 0.4) is 0 Å². The molecule has 2 atom stereocenters. The topological polar surface area (TPSA) is 86.7 Å². The monoisotopic (exact) mass is 398 g/mol. The van der Waals surface area contributed by atoms with Crippen molar-refractivity contribution in [1.82, 2.24) is 0 Å². The van der Waals surface area contributed by atoms with Crippen LogP contribution in [-0.2, 0) is 29.0 Å². The highest BCUT2D eigenvalue weighted by atomic mass is 17.2. The van der Waals surface area contributed by atoms with Crippen molar-refractivity contribution in [1.29, 1.82) is 0 Å². The summed E-state index contributed by atoms with van der Waals surface area (Å²) in [7, 11) is 0. The van der Waals surface area contributed by atoms with Gasteiger partial charge in [-0.2, -0.15) is 0 Å². The van der Waals surface area contributed by atoms with Gasteiger partial charge >= 0.3 is 11.9 Å². The minimum Gasteiger partial charge on any atom is -0.299 e. The van der Waals surface area contributed by atoms with Crippen LogP contribution in [0.2, 0.25) is 0 Å². The Morgan fingerprint density at radius 3 is 1.11 bits per heavy atom. The molecule has 162 valence electrons. The molecule has 0 radical (unpaired) electrons. The third kappa shape index (κ3) is 11.9. The second-order valence-electron chi connectivity index (χ2n) is 8.49. The molecule has 0 aliphatic heterocycles. The van der Waals surface area contributed by atoms with E-state index in [1.54, 1.807) is 0 Å². The molecule has 0 bridgehead atoms. The van der Waals surface area contributed by atoms with Crippen LogP contribution < -0.4 is 0 Å². The van der Waals surface area contributed by atoms with E-state index in [1.165, 1.54) is 13.8 Å². The van der Waals surface area contributed by atoms with Gasteiger partial charge < -0.3 is 0 Å². The van der Waals surface area contributed by atoms with Crippen LogP contribution in [0.4, 0.5) is 0 Å². The second-order valence-corrected chi connectivity index (χ2v) is 8.49. The van der Waals surface area contributed by atoms with Gasteiger partial charge in [0.2, 0.25) is 0 Å². The van der Waals surface area contributed by atoms with Crippen molar-refractivity contribution < 1.29 is 29.0 Å². The summed E-state index contributed by atoms with van der Waals surface area (Å²) in [6.07, 6.45) is 6.04. The van der Waals surface area contributed by atoms with E-state index in [2.05, 4.69) is 37.5 Å². The summed E-state index contributed by atoms with van der Waals surface area (Å²) in [6, 6.07) is 0. The second kappa shape index (κ2) is 14.3. The number of ketones is 2. The van der Waals surface area contributed by atoms with Crippen molar-refractivity contribution in [3.63, 3.8) is 0 Å². The van der Waals surface area contributed by atoms with Crippen molar-refractivity contribution in [3.8, 4) is 0 Å². The zero-order valence-electron chi connectivity index (χ0n) is 18.4. The Labute approximate surface area is 169 Å². The smallest absolute Gasteiger partial charge is 0.299 e. The SMILES string of the molecule is CC(=O)C(CCCCC(C)C)C(=O)OOC(=O)C(CCCCC(C)C)C(C)=O. The zero-order chi connectivity index (χ0) is 21.7. The molecule has 0 aromatic carbocycles. The summed E-state index contributed by atoms with van der Waals surface area (Å²) in [4.78, 5) is 57.0. The van der Waals surface area contributed by atoms with Crippen LogP contribution in [-0.4, -0.2) is 23.5 Å². The Hall–Kier alpha value is -1.72. The lowest BCUT2D eigenvalue weighted by Gasteiger charge is -2.14. The summed E-state index contributed by atoms with van der Waals surface area (Å²) in [6.45, 7) is 11.1. The fourth-order valence-corrected chi connectivity index (χ4v) is 2.97. The summed E-state index contributed by atoms with van der Waals surface area (Å²) in [5.74, 6) is -3.13. The quantitative estimate of drug-likeness (QED) is 0.180. The first-order valence-electron chi connectivity index (χ1n) is 10.5. The molecule has 0 saturated heterocycles. The first-order valence-corrected chi connectivity index (χ1v) is 10.5. The Kier molecular flexibility index (Phi) is 13.4. The van der Waals surface area contributed by atoms with Gasteiger partial charge in [0.25, 0.3) is 0 Å². The molecule has 2 unspecified atom stereocenters. The summed E-state index contributed by atoms with van der Waals surface area (Å²) in [5, 5.41) is 0. The van der Waals surface area contributed by atoms with E-state index in [1.807, 2.05) is 0 Å². The molecule has 0 spiro atoms. The lowest BCUT2D eigenvalue weighted by atomic mass is 9.96. The molecule has 0 aliphatic rings. The molecule has 28 heavy (non-hydrogen) atoms. The maximum Gasteiger partial charge on any atom is 0.365 e. The summed E-state index contributed by atoms with van der Waals surface area (Å²) in [5.41, 5.74) is 0. The van der Waals surface area contributed by atoms with Gasteiger partial charge in [-0.25, -0.2) is 19.4 Å². The minimum absolute atomic E-state index is 0.317. The van der Waals surface area contributed by atoms with Crippen LogP contribution >= 0.6 is 0 Å². The molecule has 6 heteroatoms. The fourth-order valence-electron chi connectivity index (χ4n) is 2.97. The normalized spacial score (nSPS) is 13.3. The molecule has 0 fully saturated rings. The van der Waals surface area contributed by atoms with Crippen LogP contribution in [0.1, 0.15) is 92.9 Å². The van der Waals surface area contributed by atoms with Crippen LogP contribution in [0, 0.1) is 23.7 Å². The van der Waals surface area contributed by atoms with Crippen LogP contribution in [0.25, 0.3) is 0 Å². The maximum atomic E-state index is 12.1. The maximum absolute atomic E-state index is 12.1. The predicted molar refractivity (Wildman–Crippen MR) is 107 cm³/mol. The van der Waals surface area contributed by atoms with Crippen molar-refractivity contribution in [2.24, 2.45) is 23.7 Å². The highest BCUT2D eigenvalue weighted by molar-refractivity contribution is 5.99. The molecule has 6 nitrogen and oxygen atoms in total. The number of hydrogen-bond donors (Lipinski definition) is 0. The lowest BCUT2D eigenvalue weighted by Crippen LogP contribution is -2.29. The molecule has 0 aromatic rings. The minimum atomic E-state index is -0.943. The summed E-state index contributed by atoms with van der Waals surface area (Å²) < 4.78 is 0. The van der Waals surface area contributed by atoms with E-state index in [9.17, 15) is 19.2 Å². The van der Waals surface area contributed by atoms with E-state index < -0.39 is 23.8 Å². The van der Waals surface area contributed by atoms with E-state index in [0.29, 0.717) is 24.7 Å². The number of hydrogen-bond acceptors (Lipinski definition) is 6. The first kappa shape index (κ1) is 26.3. The fraction of sp³-hybridized carbons (Fsp3) is 0.818. The predicted octanol–water partition coefficient (Wildman–Crippen LogP) is 4.83. The Bertz CT molecular complexity index is 463. The van der Waals surface area contributed by atoms with Crippen molar-refractivity contribution >= 4 is 23.5 Å². The molecule has 0 aliphatic carbocycles. The number of rotatable bonds is 14. The third-order valence-electron chi connectivity index (χ3n) is 4.80. The van der Waals surface area contributed by atoms with Crippen molar-refractivity contribution in [3.05, 3.63) is 0 Å². The first-order chi connectivity index (χ1) is 13.1. The van der Waals surface area contributed by atoms with E-state index in [4.69, 9.17) is 0 Å². The van der Waals surface area contributed by atoms with Crippen LogP contribution in [0.5, 0.6) is 0 Å². The van der Waals surface area contributed by atoms with Gasteiger partial charge in [0.1, 0.15) is 23.4 Å². The Morgan fingerprint density at radius 1 is 0.571 bits per heavy atom. The molecular weight excluding hydrogens is 360 g/mol. The highest BCUT2D eigenvalue weighted by Gasteiger charge is 2.30. The standard InChI is InChI=1S/C22H38O6/c1-15(2)11-7-9-13-19(17(5)23)21(25)27-28-22(26)20(18(6)24)14-10-8-12-16(3)4/h15-16,19-20H,7-14H2,1-6H3. The Balaban J connectivity index is 4.51. The number of carbonyl (C=O) groups is 4. The largest absolute Gasteiger partial charge is 0.365 e. The van der Waals surface area contributed by atoms with Gasteiger partial charge in [-0.05, 0) is 38.5 Å². The molecule has 0 amide bonds. The van der Waals surface area contributed by atoms with Gasteiger partial charge in [-0.15, -0.1) is 0 Å². The number of Topliss-reactive ketones (excluding diaryl/α,β-unsaturated/α-hetero) is 2.